The van der Waals surface area contributed by atoms with Crippen LogP contribution < -0.4 is 0 Å². The second kappa shape index (κ2) is 5.19. The highest BCUT2D eigenvalue weighted by molar-refractivity contribution is 6.31. The van der Waals surface area contributed by atoms with E-state index in [2.05, 4.69) is 24.0 Å². The molecule has 0 N–H and O–H groups in total. The lowest BCUT2D eigenvalue weighted by Gasteiger charge is -2.29. The Bertz CT molecular complexity index is 704. The van der Waals surface area contributed by atoms with E-state index in [1.54, 1.807) is 0 Å². The monoisotopic (exact) mass is 304 g/mol. The first-order valence-electron chi connectivity index (χ1n) is 6.94. The summed E-state index contributed by atoms with van der Waals surface area (Å²) in [4.78, 5) is 4.43. The molecule has 0 bridgehead atoms. The number of hydrogen-bond donors (Lipinski definition) is 0. The minimum atomic E-state index is -0.199. The Morgan fingerprint density at radius 2 is 2.10 bits per heavy atom. The summed E-state index contributed by atoms with van der Waals surface area (Å²) in [5, 5.41) is 4.75. The Morgan fingerprint density at radius 3 is 2.81 bits per heavy atom. The lowest BCUT2D eigenvalue weighted by Crippen LogP contribution is -2.26. The van der Waals surface area contributed by atoms with E-state index < -0.39 is 0 Å². The SMILES string of the molecule is Cc1cc(-c2noc(C3=CCCC(C)(C)O3)n2)ccc1Cl. The van der Waals surface area contributed by atoms with E-state index in [1.807, 2.05) is 31.2 Å². The zero-order valence-corrected chi connectivity index (χ0v) is 13.1. The predicted octanol–water partition coefficient (Wildman–Crippen LogP) is 4.63. The van der Waals surface area contributed by atoms with Crippen molar-refractivity contribution in [1.82, 2.24) is 10.1 Å². The molecule has 21 heavy (non-hydrogen) atoms. The molecular weight excluding hydrogens is 288 g/mol. The van der Waals surface area contributed by atoms with Crippen LogP contribution >= 0.6 is 11.6 Å². The summed E-state index contributed by atoms with van der Waals surface area (Å²) in [6, 6.07) is 5.66. The van der Waals surface area contributed by atoms with Crippen LogP contribution in [0.3, 0.4) is 0 Å². The molecule has 3 rings (SSSR count). The van der Waals surface area contributed by atoms with Crippen LogP contribution in [0, 0.1) is 6.92 Å². The molecule has 4 nitrogen and oxygen atoms in total. The van der Waals surface area contributed by atoms with Crippen molar-refractivity contribution in [3.8, 4) is 11.4 Å². The third-order valence-electron chi connectivity index (χ3n) is 3.52. The Kier molecular flexibility index (Phi) is 3.49. The number of ether oxygens (including phenoxy) is 1. The van der Waals surface area contributed by atoms with Gasteiger partial charge in [-0.3, -0.25) is 0 Å². The largest absolute Gasteiger partial charge is 0.482 e. The number of nitrogens with zero attached hydrogens (tertiary/aromatic N) is 2. The van der Waals surface area contributed by atoms with E-state index in [1.165, 1.54) is 0 Å². The van der Waals surface area contributed by atoms with Crippen molar-refractivity contribution in [2.75, 3.05) is 0 Å². The van der Waals surface area contributed by atoms with Crippen molar-refractivity contribution in [2.45, 2.75) is 39.2 Å². The lowest BCUT2D eigenvalue weighted by atomic mass is 9.99. The molecule has 2 heterocycles. The molecule has 5 heteroatoms. The number of halogens is 1. The van der Waals surface area contributed by atoms with Gasteiger partial charge in [-0.2, -0.15) is 4.98 Å². The van der Waals surface area contributed by atoms with Crippen LogP contribution in [0.2, 0.25) is 5.02 Å². The molecule has 1 aliphatic rings. The van der Waals surface area contributed by atoms with Gasteiger partial charge in [-0.15, -0.1) is 0 Å². The first-order chi connectivity index (χ1) is 9.94. The summed E-state index contributed by atoms with van der Waals surface area (Å²) in [7, 11) is 0. The quantitative estimate of drug-likeness (QED) is 0.811. The molecule has 0 spiro atoms. The summed E-state index contributed by atoms with van der Waals surface area (Å²) in [6.45, 7) is 6.06. The number of hydrogen-bond acceptors (Lipinski definition) is 4. The molecule has 0 fully saturated rings. The summed E-state index contributed by atoms with van der Waals surface area (Å²) in [5.41, 5.74) is 1.66. The van der Waals surface area contributed by atoms with E-state index in [-0.39, 0.29) is 5.60 Å². The number of allylic oxidation sites excluding steroid dienone is 1. The third-order valence-corrected chi connectivity index (χ3v) is 3.94. The molecule has 0 atom stereocenters. The Morgan fingerprint density at radius 1 is 1.29 bits per heavy atom. The van der Waals surface area contributed by atoms with Gasteiger partial charge in [-0.05, 0) is 63.5 Å². The van der Waals surface area contributed by atoms with E-state index in [9.17, 15) is 0 Å². The van der Waals surface area contributed by atoms with Crippen molar-refractivity contribution in [3.05, 3.63) is 40.8 Å². The fraction of sp³-hybridized carbons (Fsp3) is 0.375. The summed E-state index contributed by atoms with van der Waals surface area (Å²) >= 11 is 6.03. The zero-order valence-electron chi connectivity index (χ0n) is 12.3. The molecule has 0 saturated carbocycles. The highest BCUT2D eigenvalue weighted by atomic mass is 35.5. The minimum absolute atomic E-state index is 0.199. The Balaban J connectivity index is 1.90. The maximum absolute atomic E-state index is 6.03. The number of benzene rings is 1. The molecule has 110 valence electrons. The van der Waals surface area contributed by atoms with Gasteiger partial charge in [0.05, 0.1) is 0 Å². The van der Waals surface area contributed by atoms with Gasteiger partial charge >= 0.3 is 0 Å². The molecule has 0 saturated heterocycles. The molecule has 0 amide bonds. The van der Waals surface area contributed by atoms with Gasteiger partial charge in [0.15, 0.2) is 5.76 Å². The maximum atomic E-state index is 6.03. The highest BCUT2D eigenvalue weighted by Gasteiger charge is 2.27. The Labute approximate surface area is 128 Å². The molecule has 0 radical (unpaired) electrons. The number of rotatable bonds is 2. The predicted molar refractivity (Wildman–Crippen MR) is 81.9 cm³/mol. The smallest absolute Gasteiger partial charge is 0.292 e. The van der Waals surface area contributed by atoms with Gasteiger partial charge in [0.25, 0.3) is 5.89 Å². The van der Waals surface area contributed by atoms with Gasteiger partial charge in [0.2, 0.25) is 5.82 Å². The van der Waals surface area contributed by atoms with Crippen LogP contribution in [0.1, 0.15) is 38.1 Å². The summed E-state index contributed by atoms with van der Waals surface area (Å²) < 4.78 is 11.2. The maximum Gasteiger partial charge on any atom is 0.292 e. The van der Waals surface area contributed by atoms with E-state index >= 15 is 0 Å². The van der Waals surface area contributed by atoms with Crippen LogP contribution in [0.15, 0.2) is 28.8 Å². The average Bonchev–Trinajstić information content (AvgIpc) is 2.90. The standard InChI is InChI=1S/C16H17ClN2O2/c1-10-9-11(6-7-12(10)17)14-18-15(21-19-14)13-5-4-8-16(2,3)20-13/h5-7,9H,4,8H2,1-3H3. The third kappa shape index (κ3) is 2.95. The van der Waals surface area contributed by atoms with Gasteiger partial charge < -0.3 is 9.26 Å². The summed E-state index contributed by atoms with van der Waals surface area (Å²) in [5.74, 6) is 1.62. The zero-order chi connectivity index (χ0) is 15.0. The van der Waals surface area contributed by atoms with Crippen molar-refractivity contribution in [2.24, 2.45) is 0 Å². The van der Waals surface area contributed by atoms with Gasteiger partial charge in [0.1, 0.15) is 5.60 Å². The first-order valence-corrected chi connectivity index (χ1v) is 7.32. The normalized spacial score (nSPS) is 17.2. The molecular formula is C16H17ClN2O2. The topological polar surface area (TPSA) is 48.2 Å². The fourth-order valence-electron chi connectivity index (χ4n) is 2.30. The first kappa shape index (κ1) is 14.1. The van der Waals surface area contributed by atoms with Crippen molar-refractivity contribution >= 4 is 17.4 Å². The van der Waals surface area contributed by atoms with E-state index in [4.69, 9.17) is 20.9 Å². The highest BCUT2D eigenvalue weighted by Crippen LogP contribution is 2.32. The van der Waals surface area contributed by atoms with Crippen LogP contribution in [0.4, 0.5) is 0 Å². The van der Waals surface area contributed by atoms with Gasteiger partial charge in [0, 0.05) is 10.6 Å². The Hall–Kier alpha value is -1.81. The fourth-order valence-corrected chi connectivity index (χ4v) is 2.41. The van der Waals surface area contributed by atoms with E-state index in [0.29, 0.717) is 17.5 Å². The van der Waals surface area contributed by atoms with Crippen LogP contribution in [-0.4, -0.2) is 15.7 Å². The van der Waals surface area contributed by atoms with Crippen molar-refractivity contribution < 1.29 is 9.26 Å². The van der Waals surface area contributed by atoms with Gasteiger partial charge in [-0.1, -0.05) is 16.8 Å². The molecule has 1 aromatic carbocycles. The summed E-state index contributed by atoms with van der Waals surface area (Å²) in [6.07, 6.45) is 3.92. The van der Waals surface area contributed by atoms with Crippen LogP contribution in [0.25, 0.3) is 17.1 Å². The number of aromatic nitrogens is 2. The molecule has 2 aromatic rings. The van der Waals surface area contributed by atoms with Gasteiger partial charge in [-0.25, -0.2) is 0 Å². The lowest BCUT2D eigenvalue weighted by molar-refractivity contribution is 0.0547. The molecule has 1 aliphatic heterocycles. The van der Waals surface area contributed by atoms with Crippen molar-refractivity contribution in [3.63, 3.8) is 0 Å². The van der Waals surface area contributed by atoms with Crippen LogP contribution in [-0.2, 0) is 4.74 Å². The molecule has 1 aromatic heterocycles. The molecule has 0 unspecified atom stereocenters. The second-order valence-electron chi connectivity index (χ2n) is 5.86. The van der Waals surface area contributed by atoms with Crippen LogP contribution in [0.5, 0.6) is 0 Å². The number of aryl methyl sites for hydroxylation is 1. The average molecular weight is 305 g/mol. The van der Waals surface area contributed by atoms with E-state index in [0.717, 1.165) is 29.0 Å². The minimum Gasteiger partial charge on any atom is -0.482 e. The second-order valence-corrected chi connectivity index (χ2v) is 6.26. The molecule has 0 aliphatic carbocycles. The van der Waals surface area contributed by atoms with Crippen molar-refractivity contribution in [1.29, 1.82) is 0 Å².